The van der Waals surface area contributed by atoms with Gasteiger partial charge in [0.15, 0.2) is 0 Å². The summed E-state index contributed by atoms with van der Waals surface area (Å²) < 4.78 is 5.44. The third-order valence-electron chi connectivity index (χ3n) is 7.75. The fraction of sp³-hybridized carbons (Fsp3) is 0.710. The molecule has 3 rings (SSSR count). The van der Waals surface area contributed by atoms with Crippen molar-refractivity contribution >= 4 is 29.5 Å². The Morgan fingerprint density at radius 3 is 2.32 bits per heavy atom. The summed E-state index contributed by atoms with van der Waals surface area (Å²) in [7, 11) is 1.69. The van der Waals surface area contributed by atoms with Crippen molar-refractivity contribution in [3.05, 3.63) is 34.9 Å². The fourth-order valence-corrected chi connectivity index (χ4v) is 5.70. The van der Waals surface area contributed by atoms with Crippen LogP contribution in [0.25, 0.3) is 0 Å². The second-order valence-corrected chi connectivity index (χ2v) is 13.2. The van der Waals surface area contributed by atoms with Crippen LogP contribution in [0, 0.1) is 5.92 Å². The summed E-state index contributed by atoms with van der Waals surface area (Å²) in [6, 6.07) is 7.34. The van der Waals surface area contributed by atoms with Crippen molar-refractivity contribution < 1.29 is 19.1 Å². The lowest BCUT2D eigenvalue weighted by Crippen LogP contribution is -2.54. The predicted molar refractivity (Wildman–Crippen MR) is 162 cm³/mol. The van der Waals surface area contributed by atoms with Crippen molar-refractivity contribution in [2.75, 3.05) is 33.2 Å². The number of hydrazine groups is 1. The molecule has 0 spiro atoms. The number of rotatable bonds is 11. The van der Waals surface area contributed by atoms with Gasteiger partial charge in [0.25, 0.3) is 5.91 Å². The molecule has 0 aromatic heterocycles. The van der Waals surface area contributed by atoms with Crippen molar-refractivity contribution in [3.63, 3.8) is 0 Å². The summed E-state index contributed by atoms with van der Waals surface area (Å²) in [5.41, 5.74) is 3.53. The van der Waals surface area contributed by atoms with Crippen molar-refractivity contribution in [1.29, 1.82) is 0 Å². The molecule has 0 radical (unpaired) electrons. The Morgan fingerprint density at radius 1 is 1.05 bits per heavy atom. The van der Waals surface area contributed by atoms with Crippen LogP contribution in [0.1, 0.15) is 78.7 Å². The van der Waals surface area contributed by atoms with E-state index in [2.05, 4.69) is 15.6 Å². The number of hydrogen-bond acceptors (Lipinski definition) is 6. The van der Waals surface area contributed by atoms with E-state index < -0.39 is 17.7 Å². The van der Waals surface area contributed by atoms with Gasteiger partial charge in [-0.3, -0.25) is 15.0 Å². The molecule has 2 atom stereocenters. The normalized spacial score (nSPS) is 19.2. The van der Waals surface area contributed by atoms with Gasteiger partial charge in [-0.25, -0.2) is 9.80 Å². The second kappa shape index (κ2) is 15.2. The average molecular weight is 592 g/mol. The van der Waals surface area contributed by atoms with Crippen molar-refractivity contribution in [2.24, 2.45) is 5.92 Å². The number of carbonyl (C=O) groups is 3. The topological polar surface area (TPSA) is 94.2 Å². The minimum absolute atomic E-state index is 0.0488. The Kier molecular flexibility index (Phi) is 12.3. The number of benzene rings is 1. The zero-order valence-corrected chi connectivity index (χ0v) is 26.5. The van der Waals surface area contributed by atoms with Crippen molar-refractivity contribution in [1.82, 2.24) is 25.6 Å². The van der Waals surface area contributed by atoms with Crippen LogP contribution >= 0.6 is 11.6 Å². The molecule has 1 aliphatic heterocycles. The Hall–Kier alpha value is -2.36. The lowest BCUT2D eigenvalue weighted by atomic mass is 9.92. The molecule has 0 unspecified atom stereocenters. The van der Waals surface area contributed by atoms with E-state index in [0.29, 0.717) is 43.7 Å². The highest BCUT2D eigenvalue weighted by molar-refractivity contribution is 6.30. The number of halogens is 1. The smallest absolute Gasteiger partial charge is 0.410 e. The molecule has 1 aromatic carbocycles. The molecule has 2 fully saturated rings. The molecule has 9 nitrogen and oxygen atoms in total. The molecule has 230 valence electrons. The van der Waals surface area contributed by atoms with Gasteiger partial charge >= 0.3 is 6.09 Å². The number of nitrogens with one attached hydrogen (secondary N) is 2. The monoisotopic (exact) mass is 591 g/mol. The van der Waals surface area contributed by atoms with Gasteiger partial charge in [-0.15, -0.1) is 0 Å². The number of carbonyl (C=O) groups excluding carboxylic acids is 3. The minimum Gasteiger partial charge on any atom is -0.444 e. The van der Waals surface area contributed by atoms with E-state index in [1.165, 1.54) is 24.2 Å². The van der Waals surface area contributed by atoms with Crippen LogP contribution in [0.3, 0.4) is 0 Å². The third kappa shape index (κ3) is 10.5. The lowest BCUT2D eigenvalue weighted by Gasteiger charge is -2.39. The maximum absolute atomic E-state index is 13.6. The highest BCUT2D eigenvalue weighted by Crippen LogP contribution is 2.28. The highest BCUT2D eigenvalue weighted by Gasteiger charge is 2.37. The van der Waals surface area contributed by atoms with E-state index >= 15 is 0 Å². The summed E-state index contributed by atoms with van der Waals surface area (Å²) in [4.78, 5) is 42.8. The Morgan fingerprint density at radius 2 is 1.71 bits per heavy atom. The van der Waals surface area contributed by atoms with Crippen LogP contribution in [-0.2, 0) is 20.7 Å². The van der Waals surface area contributed by atoms with Gasteiger partial charge in [-0.1, -0.05) is 56.8 Å². The van der Waals surface area contributed by atoms with Crippen molar-refractivity contribution in [3.8, 4) is 0 Å². The Labute approximate surface area is 251 Å². The maximum atomic E-state index is 13.6. The van der Waals surface area contributed by atoms with Gasteiger partial charge < -0.3 is 19.9 Å². The zero-order chi connectivity index (χ0) is 30.2. The Bertz CT molecular complexity index is 1010. The first-order valence-corrected chi connectivity index (χ1v) is 15.5. The molecule has 1 saturated carbocycles. The largest absolute Gasteiger partial charge is 0.444 e. The summed E-state index contributed by atoms with van der Waals surface area (Å²) in [5, 5.41) is 5.94. The molecule has 1 heterocycles. The number of amides is 3. The number of ether oxygens (including phenoxy) is 1. The van der Waals surface area contributed by atoms with E-state index in [1.807, 2.05) is 63.9 Å². The standard InChI is InChI=1S/C31H50ClN5O4/c1-22(2)29(39)37(25-10-8-7-9-11-25)26-16-18-36(21-26)34-28(38)27(20-23-12-14-24(32)15-13-23)33-17-19-35(6)30(40)41-31(3,4)5/h12-15,22,25-27,33H,7-11,16-21H2,1-6H3,(H,34,38)/t26-,27+/m0/s1. The molecule has 1 aliphatic carbocycles. The summed E-state index contributed by atoms with van der Waals surface area (Å²) >= 11 is 6.08. The van der Waals surface area contributed by atoms with Crippen LogP contribution in [-0.4, -0.2) is 89.7 Å². The van der Waals surface area contributed by atoms with E-state index in [0.717, 1.165) is 24.8 Å². The quantitative estimate of drug-likeness (QED) is 0.390. The first-order chi connectivity index (χ1) is 19.3. The highest BCUT2D eigenvalue weighted by atomic mass is 35.5. The predicted octanol–water partition coefficient (Wildman–Crippen LogP) is 4.63. The molecule has 2 aliphatic rings. The van der Waals surface area contributed by atoms with Gasteiger partial charge in [-0.05, 0) is 64.2 Å². The molecule has 0 bridgehead atoms. The van der Waals surface area contributed by atoms with Crippen LogP contribution in [0.5, 0.6) is 0 Å². The second-order valence-electron chi connectivity index (χ2n) is 12.8. The summed E-state index contributed by atoms with van der Waals surface area (Å²) in [6.07, 6.45) is 6.60. The van der Waals surface area contributed by atoms with Gasteiger partial charge in [0.1, 0.15) is 5.60 Å². The Balaban J connectivity index is 1.63. The molecular weight excluding hydrogens is 542 g/mol. The third-order valence-corrected chi connectivity index (χ3v) is 8.01. The minimum atomic E-state index is -0.574. The summed E-state index contributed by atoms with van der Waals surface area (Å²) in [5.74, 6) is 0.0266. The number of likely N-dealkylation sites (N-methyl/N-ethyl adjacent to an activating group) is 1. The van der Waals surface area contributed by atoms with Crippen LogP contribution in [0.15, 0.2) is 24.3 Å². The SMILES string of the molecule is CC(C)C(=O)N(C1CCCCC1)[C@H]1CCN(NC(=O)[C@@H](Cc2ccc(Cl)cc2)NCCN(C)C(=O)OC(C)(C)C)C1. The van der Waals surface area contributed by atoms with Gasteiger partial charge in [-0.2, -0.15) is 0 Å². The van der Waals surface area contributed by atoms with E-state index in [9.17, 15) is 14.4 Å². The van der Waals surface area contributed by atoms with Crippen LogP contribution in [0.4, 0.5) is 4.79 Å². The van der Waals surface area contributed by atoms with Gasteiger partial charge in [0.2, 0.25) is 5.91 Å². The van der Waals surface area contributed by atoms with E-state index in [-0.39, 0.29) is 23.8 Å². The van der Waals surface area contributed by atoms with Crippen LogP contribution in [0.2, 0.25) is 5.02 Å². The van der Waals surface area contributed by atoms with Crippen LogP contribution < -0.4 is 10.7 Å². The van der Waals surface area contributed by atoms with Crippen molar-refractivity contribution in [2.45, 2.75) is 103 Å². The van der Waals surface area contributed by atoms with E-state index in [1.54, 1.807) is 7.05 Å². The zero-order valence-electron chi connectivity index (χ0n) is 25.7. The average Bonchev–Trinajstić information content (AvgIpc) is 3.36. The lowest BCUT2D eigenvalue weighted by molar-refractivity contribution is -0.140. The molecular formula is C31H50ClN5O4. The molecule has 2 N–H and O–H groups in total. The molecule has 10 heteroatoms. The molecule has 1 saturated heterocycles. The van der Waals surface area contributed by atoms with E-state index in [4.69, 9.17) is 16.3 Å². The molecule has 41 heavy (non-hydrogen) atoms. The molecule has 3 amide bonds. The first-order valence-electron chi connectivity index (χ1n) is 15.1. The number of hydrogen-bond donors (Lipinski definition) is 2. The molecule has 1 aromatic rings. The summed E-state index contributed by atoms with van der Waals surface area (Å²) in [6.45, 7) is 11.6. The maximum Gasteiger partial charge on any atom is 0.410 e. The van der Waals surface area contributed by atoms with Gasteiger partial charge in [0, 0.05) is 56.3 Å². The fourth-order valence-electron chi connectivity index (χ4n) is 5.57. The number of nitrogens with zero attached hydrogens (tertiary/aromatic N) is 3. The first kappa shape index (κ1) is 33.1. The van der Waals surface area contributed by atoms with Gasteiger partial charge in [0.05, 0.1) is 6.04 Å².